The molecule has 0 unspecified atom stereocenters. The van der Waals surface area contributed by atoms with E-state index >= 15 is 0 Å². The first kappa shape index (κ1) is 21.9. The van der Waals surface area contributed by atoms with Gasteiger partial charge in [-0.2, -0.15) is 5.10 Å². The molecule has 1 aliphatic heterocycles. The SMILES string of the molecule is CC(C)n1ncc2c(C(=O)OCC(=O)N3c4ccccc4Sc4ccccc43)cc(C3CC3)nc21. The predicted octanol–water partition coefficient (Wildman–Crippen LogP) is 5.88. The van der Waals surface area contributed by atoms with E-state index in [4.69, 9.17) is 9.72 Å². The van der Waals surface area contributed by atoms with Crippen LogP contribution in [-0.2, 0) is 9.53 Å². The summed E-state index contributed by atoms with van der Waals surface area (Å²) in [5.41, 5.74) is 3.55. The number of amides is 1. The summed E-state index contributed by atoms with van der Waals surface area (Å²) in [7, 11) is 0. The second kappa shape index (κ2) is 8.53. The van der Waals surface area contributed by atoms with Crippen molar-refractivity contribution in [3.05, 3.63) is 72.1 Å². The number of para-hydroxylation sites is 2. The first-order chi connectivity index (χ1) is 17.0. The van der Waals surface area contributed by atoms with E-state index in [1.54, 1.807) is 28.9 Å². The fourth-order valence-electron chi connectivity index (χ4n) is 4.42. The van der Waals surface area contributed by atoms with E-state index in [0.29, 0.717) is 22.5 Å². The van der Waals surface area contributed by atoms with Gasteiger partial charge in [-0.25, -0.2) is 14.5 Å². The van der Waals surface area contributed by atoms with Gasteiger partial charge in [-0.05, 0) is 57.0 Å². The van der Waals surface area contributed by atoms with E-state index in [-0.39, 0.29) is 18.6 Å². The van der Waals surface area contributed by atoms with Crippen LogP contribution < -0.4 is 4.90 Å². The van der Waals surface area contributed by atoms with Crippen molar-refractivity contribution in [1.29, 1.82) is 0 Å². The lowest BCUT2D eigenvalue weighted by atomic mass is 10.1. The van der Waals surface area contributed by atoms with E-state index in [9.17, 15) is 9.59 Å². The minimum atomic E-state index is -0.538. The molecule has 4 aromatic rings. The number of ether oxygens (including phenoxy) is 1. The molecule has 2 aliphatic rings. The Morgan fingerprint density at radius 2 is 1.71 bits per heavy atom. The summed E-state index contributed by atoms with van der Waals surface area (Å²) in [6.07, 6.45) is 3.78. The lowest BCUT2D eigenvalue weighted by molar-refractivity contribution is -0.121. The summed E-state index contributed by atoms with van der Waals surface area (Å²) in [5, 5.41) is 5.09. The van der Waals surface area contributed by atoms with Gasteiger partial charge < -0.3 is 4.74 Å². The maximum absolute atomic E-state index is 13.4. The highest BCUT2D eigenvalue weighted by Crippen LogP contribution is 2.48. The number of carbonyl (C=O) groups is 2. The number of esters is 1. The van der Waals surface area contributed by atoms with Crippen molar-refractivity contribution in [2.75, 3.05) is 11.5 Å². The second-order valence-electron chi connectivity index (χ2n) is 9.13. The Hall–Kier alpha value is -3.65. The second-order valence-corrected chi connectivity index (χ2v) is 10.2. The van der Waals surface area contributed by atoms with Crippen LogP contribution >= 0.6 is 11.8 Å². The predicted molar refractivity (Wildman–Crippen MR) is 134 cm³/mol. The number of anilines is 2. The van der Waals surface area contributed by atoms with Crippen molar-refractivity contribution in [3.63, 3.8) is 0 Å². The molecule has 8 heteroatoms. The molecule has 0 bridgehead atoms. The molecule has 2 aromatic heterocycles. The van der Waals surface area contributed by atoms with Gasteiger partial charge >= 0.3 is 5.97 Å². The Bertz CT molecular complexity index is 1430. The van der Waals surface area contributed by atoms with Crippen LogP contribution in [0.5, 0.6) is 0 Å². The summed E-state index contributed by atoms with van der Waals surface area (Å²) in [6, 6.07) is 17.4. The van der Waals surface area contributed by atoms with Gasteiger partial charge in [0.15, 0.2) is 12.3 Å². The number of rotatable bonds is 5. The molecule has 1 aliphatic carbocycles. The number of pyridine rings is 1. The van der Waals surface area contributed by atoms with Crippen molar-refractivity contribution in [3.8, 4) is 0 Å². The molecular weight excluding hydrogens is 460 g/mol. The molecule has 0 radical (unpaired) electrons. The fourth-order valence-corrected chi connectivity index (χ4v) is 5.47. The highest BCUT2D eigenvalue weighted by Gasteiger charge is 2.31. The molecule has 1 amide bonds. The van der Waals surface area contributed by atoms with Crippen LogP contribution in [0.15, 0.2) is 70.6 Å². The molecule has 35 heavy (non-hydrogen) atoms. The average molecular weight is 485 g/mol. The van der Waals surface area contributed by atoms with Crippen LogP contribution in [0.2, 0.25) is 0 Å². The van der Waals surface area contributed by atoms with E-state index in [0.717, 1.165) is 39.7 Å². The number of carbonyl (C=O) groups excluding carboxylic acids is 2. The molecule has 0 spiro atoms. The lowest BCUT2D eigenvalue weighted by Gasteiger charge is -2.30. The lowest BCUT2D eigenvalue weighted by Crippen LogP contribution is -2.32. The summed E-state index contributed by atoms with van der Waals surface area (Å²) < 4.78 is 7.43. The Morgan fingerprint density at radius 3 is 2.34 bits per heavy atom. The van der Waals surface area contributed by atoms with Crippen LogP contribution in [0.4, 0.5) is 11.4 Å². The van der Waals surface area contributed by atoms with E-state index in [1.165, 1.54) is 0 Å². The fraction of sp³-hybridized carbons (Fsp3) is 0.259. The van der Waals surface area contributed by atoms with Crippen LogP contribution in [0, 0.1) is 0 Å². The number of fused-ring (bicyclic) bond motifs is 3. The number of benzene rings is 2. The maximum Gasteiger partial charge on any atom is 0.339 e. The van der Waals surface area contributed by atoms with E-state index in [2.05, 4.69) is 5.10 Å². The summed E-state index contributed by atoms with van der Waals surface area (Å²) in [5.74, 6) is -0.477. The number of hydrogen-bond donors (Lipinski definition) is 0. The van der Waals surface area contributed by atoms with Gasteiger partial charge in [0.2, 0.25) is 0 Å². The topological polar surface area (TPSA) is 77.3 Å². The first-order valence-electron chi connectivity index (χ1n) is 11.8. The van der Waals surface area contributed by atoms with Crippen LogP contribution in [0.3, 0.4) is 0 Å². The largest absolute Gasteiger partial charge is 0.452 e. The molecule has 2 aromatic carbocycles. The van der Waals surface area contributed by atoms with Crippen LogP contribution in [-0.4, -0.2) is 33.2 Å². The summed E-state index contributed by atoms with van der Waals surface area (Å²) in [4.78, 5) is 35.1. The smallest absolute Gasteiger partial charge is 0.339 e. The van der Waals surface area contributed by atoms with Crippen molar-refractivity contribution in [2.24, 2.45) is 0 Å². The zero-order valence-electron chi connectivity index (χ0n) is 19.5. The molecule has 1 saturated carbocycles. The van der Waals surface area contributed by atoms with Crippen molar-refractivity contribution >= 4 is 46.0 Å². The van der Waals surface area contributed by atoms with Gasteiger partial charge in [0, 0.05) is 27.4 Å². The summed E-state index contributed by atoms with van der Waals surface area (Å²) >= 11 is 1.62. The highest BCUT2D eigenvalue weighted by atomic mass is 32.2. The van der Waals surface area contributed by atoms with Gasteiger partial charge in [0.1, 0.15) is 0 Å². The quantitative estimate of drug-likeness (QED) is 0.330. The third kappa shape index (κ3) is 3.87. The van der Waals surface area contributed by atoms with Gasteiger partial charge in [-0.1, -0.05) is 36.0 Å². The highest BCUT2D eigenvalue weighted by molar-refractivity contribution is 7.99. The Balaban J connectivity index is 1.30. The standard InChI is InChI=1S/C27H24N4O3S/c1-16(2)31-26-19(14-28-31)18(13-20(29-26)17-11-12-17)27(33)34-15-25(32)30-21-7-3-5-9-23(21)35-24-10-6-4-8-22(24)30/h3-10,13-14,16-17H,11-12,15H2,1-2H3. The number of hydrogen-bond acceptors (Lipinski definition) is 6. The third-order valence-corrected chi connectivity index (χ3v) is 7.43. The van der Waals surface area contributed by atoms with E-state index < -0.39 is 5.97 Å². The van der Waals surface area contributed by atoms with Gasteiger partial charge in [0.25, 0.3) is 5.91 Å². The number of aromatic nitrogens is 3. The molecule has 1 fully saturated rings. The monoisotopic (exact) mass is 484 g/mol. The summed E-state index contributed by atoms with van der Waals surface area (Å²) in [6.45, 7) is 3.69. The molecule has 6 rings (SSSR count). The molecule has 3 heterocycles. The van der Waals surface area contributed by atoms with Crippen molar-refractivity contribution in [2.45, 2.75) is 48.4 Å². The average Bonchev–Trinajstić information content (AvgIpc) is 3.63. The minimum Gasteiger partial charge on any atom is -0.452 e. The Labute approximate surface area is 207 Å². The Kier molecular flexibility index (Phi) is 5.33. The van der Waals surface area contributed by atoms with Crippen LogP contribution in [0.25, 0.3) is 11.0 Å². The minimum absolute atomic E-state index is 0.108. The Morgan fingerprint density at radius 1 is 1.06 bits per heavy atom. The van der Waals surface area contributed by atoms with Crippen molar-refractivity contribution in [1.82, 2.24) is 14.8 Å². The van der Waals surface area contributed by atoms with Gasteiger partial charge in [-0.15, -0.1) is 0 Å². The number of nitrogens with zero attached hydrogens (tertiary/aromatic N) is 4. The molecule has 0 saturated heterocycles. The zero-order valence-corrected chi connectivity index (χ0v) is 20.3. The zero-order chi connectivity index (χ0) is 24.1. The molecular formula is C27H24N4O3S. The molecule has 7 nitrogen and oxygen atoms in total. The van der Waals surface area contributed by atoms with Gasteiger partial charge in [0.05, 0.1) is 28.5 Å². The molecule has 176 valence electrons. The maximum atomic E-state index is 13.4. The van der Waals surface area contributed by atoms with Crippen LogP contribution in [0.1, 0.15) is 54.7 Å². The molecule has 0 N–H and O–H groups in total. The van der Waals surface area contributed by atoms with Gasteiger partial charge in [-0.3, -0.25) is 9.69 Å². The molecule has 0 atom stereocenters. The van der Waals surface area contributed by atoms with Crippen molar-refractivity contribution < 1.29 is 14.3 Å². The normalized spacial score (nSPS) is 14.7. The third-order valence-electron chi connectivity index (χ3n) is 6.30. The van der Waals surface area contributed by atoms with E-state index in [1.807, 2.05) is 67.1 Å². The first-order valence-corrected chi connectivity index (χ1v) is 12.6.